The highest BCUT2D eigenvalue weighted by atomic mass is 16.5. The van der Waals surface area contributed by atoms with E-state index >= 15 is 0 Å². The predicted octanol–water partition coefficient (Wildman–Crippen LogP) is 0.810. The van der Waals surface area contributed by atoms with Gasteiger partial charge < -0.3 is 9.22 Å². The number of quaternary nitrogens is 1. The van der Waals surface area contributed by atoms with Gasteiger partial charge in [-0.3, -0.25) is 0 Å². The minimum atomic E-state index is -0.178. The van der Waals surface area contributed by atoms with Gasteiger partial charge in [0.05, 0.1) is 21.1 Å². The Morgan fingerprint density at radius 2 is 2.08 bits per heavy atom. The van der Waals surface area contributed by atoms with Crippen LogP contribution in [0.2, 0.25) is 0 Å². The first-order chi connectivity index (χ1) is 5.39. The predicted molar refractivity (Wildman–Crippen MR) is 48.7 cm³/mol. The lowest BCUT2D eigenvalue weighted by atomic mass is 10.3. The summed E-state index contributed by atoms with van der Waals surface area (Å²) in [5.74, 6) is -0.178. The van der Waals surface area contributed by atoms with Crippen molar-refractivity contribution in [3.63, 3.8) is 0 Å². The minimum Gasteiger partial charge on any atom is -0.457 e. The van der Waals surface area contributed by atoms with Crippen LogP contribution in [0.1, 0.15) is 6.92 Å². The van der Waals surface area contributed by atoms with Crippen molar-refractivity contribution in [3.05, 3.63) is 12.7 Å². The van der Waals surface area contributed by atoms with Gasteiger partial charge in [0.15, 0.2) is 6.04 Å². The standard InChI is InChI=1S/C9H18NO2/c1-6-7-12-9(11)8(2)10(3,4)5/h6,8H,1,7H2,2-5H3/q+1. The molecule has 1 unspecified atom stereocenters. The van der Waals surface area contributed by atoms with E-state index in [1.807, 2.05) is 28.1 Å². The van der Waals surface area contributed by atoms with Gasteiger partial charge in [0, 0.05) is 0 Å². The van der Waals surface area contributed by atoms with Gasteiger partial charge in [0.25, 0.3) is 0 Å². The third-order valence-corrected chi connectivity index (χ3v) is 1.85. The summed E-state index contributed by atoms with van der Waals surface area (Å²) in [6.45, 7) is 5.62. The van der Waals surface area contributed by atoms with Gasteiger partial charge >= 0.3 is 5.97 Å². The fourth-order valence-electron chi connectivity index (χ4n) is 0.578. The molecule has 0 fully saturated rings. The second-order valence-corrected chi connectivity index (χ2v) is 3.71. The normalized spacial score (nSPS) is 13.7. The van der Waals surface area contributed by atoms with E-state index in [2.05, 4.69) is 6.58 Å². The van der Waals surface area contributed by atoms with E-state index in [4.69, 9.17) is 4.74 Å². The Balaban J connectivity index is 4.02. The average molecular weight is 172 g/mol. The molecule has 0 radical (unpaired) electrons. The van der Waals surface area contributed by atoms with Crippen LogP contribution in [0.4, 0.5) is 0 Å². The largest absolute Gasteiger partial charge is 0.457 e. The number of rotatable bonds is 4. The third-order valence-electron chi connectivity index (χ3n) is 1.85. The van der Waals surface area contributed by atoms with Gasteiger partial charge in [0.2, 0.25) is 0 Å². The van der Waals surface area contributed by atoms with Gasteiger partial charge in [-0.15, -0.1) is 0 Å². The first-order valence-corrected chi connectivity index (χ1v) is 3.98. The van der Waals surface area contributed by atoms with Crippen molar-refractivity contribution in [2.45, 2.75) is 13.0 Å². The van der Waals surface area contributed by atoms with Gasteiger partial charge in [-0.25, -0.2) is 4.79 Å². The van der Waals surface area contributed by atoms with Gasteiger partial charge in [-0.1, -0.05) is 12.7 Å². The van der Waals surface area contributed by atoms with Crippen LogP contribution in [0.25, 0.3) is 0 Å². The number of esters is 1. The number of likely N-dealkylation sites (N-methyl/N-ethyl adjacent to an activating group) is 1. The molecule has 0 aromatic carbocycles. The van der Waals surface area contributed by atoms with Crippen molar-refractivity contribution in [2.75, 3.05) is 27.7 Å². The lowest BCUT2D eigenvalue weighted by Crippen LogP contribution is -2.48. The van der Waals surface area contributed by atoms with E-state index in [-0.39, 0.29) is 12.0 Å². The van der Waals surface area contributed by atoms with Crippen molar-refractivity contribution in [2.24, 2.45) is 0 Å². The van der Waals surface area contributed by atoms with Crippen LogP contribution in [0, 0.1) is 0 Å². The van der Waals surface area contributed by atoms with E-state index in [9.17, 15) is 4.79 Å². The molecule has 12 heavy (non-hydrogen) atoms. The van der Waals surface area contributed by atoms with Crippen LogP contribution in [0.15, 0.2) is 12.7 Å². The van der Waals surface area contributed by atoms with Crippen molar-refractivity contribution in [3.8, 4) is 0 Å². The van der Waals surface area contributed by atoms with Crippen molar-refractivity contribution in [1.82, 2.24) is 0 Å². The Labute approximate surface area is 74.2 Å². The molecule has 0 spiro atoms. The van der Waals surface area contributed by atoms with Crippen LogP contribution >= 0.6 is 0 Å². The molecule has 0 aromatic rings. The van der Waals surface area contributed by atoms with Crippen LogP contribution < -0.4 is 0 Å². The summed E-state index contributed by atoms with van der Waals surface area (Å²) in [7, 11) is 5.87. The molecule has 0 aliphatic heterocycles. The Morgan fingerprint density at radius 1 is 1.58 bits per heavy atom. The number of nitrogens with zero attached hydrogens (tertiary/aromatic N) is 1. The maximum atomic E-state index is 11.3. The third kappa shape index (κ3) is 3.53. The number of ether oxygens (including phenoxy) is 1. The summed E-state index contributed by atoms with van der Waals surface area (Å²) in [6.07, 6.45) is 1.57. The SMILES string of the molecule is C=CCOC(=O)C(C)[N+](C)(C)C. The Kier molecular flexibility index (Phi) is 3.96. The van der Waals surface area contributed by atoms with Crippen LogP contribution in [-0.2, 0) is 9.53 Å². The molecule has 0 aliphatic carbocycles. The molecule has 0 rings (SSSR count). The van der Waals surface area contributed by atoms with Gasteiger partial charge in [-0.2, -0.15) is 0 Å². The minimum absolute atomic E-state index is 0.134. The lowest BCUT2D eigenvalue weighted by molar-refractivity contribution is -0.885. The smallest absolute Gasteiger partial charge is 0.364 e. The van der Waals surface area contributed by atoms with Crippen LogP contribution in [0.5, 0.6) is 0 Å². The van der Waals surface area contributed by atoms with Gasteiger partial charge in [0.1, 0.15) is 6.61 Å². The molecule has 0 saturated carbocycles. The monoisotopic (exact) mass is 172 g/mol. The molecular weight excluding hydrogens is 154 g/mol. The molecule has 0 amide bonds. The van der Waals surface area contributed by atoms with E-state index in [1.165, 1.54) is 0 Å². The van der Waals surface area contributed by atoms with E-state index in [0.29, 0.717) is 11.1 Å². The maximum absolute atomic E-state index is 11.3. The average Bonchev–Trinajstić information content (AvgIpc) is 1.97. The Hall–Kier alpha value is -0.830. The first-order valence-electron chi connectivity index (χ1n) is 3.98. The lowest BCUT2D eigenvalue weighted by Gasteiger charge is -2.29. The summed E-state index contributed by atoms with van der Waals surface area (Å²) < 4.78 is 5.49. The highest BCUT2D eigenvalue weighted by molar-refractivity contribution is 5.74. The molecule has 3 nitrogen and oxygen atoms in total. The number of hydrogen-bond donors (Lipinski definition) is 0. The maximum Gasteiger partial charge on any atom is 0.364 e. The summed E-state index contributed by atoms with van der Waals surface area (Å²) in [5, 5.41) is 0. The van der Waals surface area contributed by atoms with E-state index < -0.39 is 0 Å². The van der Waals surface area contributed by atoms with Crippen LogP contribution in [0.3, 0.4) is 0 Å². The van der Waals surface area contributed by atoms with Crippen LogP contribution in [-0.4, -0.2) is 44.2 Å². The van der Waals surface area contributed by atoms with E-state index in [1.54, 1.807) is 6.08 Å². The quantitative estimate of drug-likeness (QED) is 0.356. The molecular formula is C9H18NO2+. The molecule has 70 valence electrons. The second kappa shape index (κ2) is 4.26. The van der Waals surface area contributed by atoms with Crippen molar-refractivity contribution < 1.29 is 14.0 Å². The summed E-state index contributed by atoms with van der Waals surface area (Å²) in [4.78, 5) is 11.3. The summed E-state index contributed by atoms with van der Waals surface area (Å²) in [5.41, 5.74) is 0. The first kappa shape index (κ1) is 11.2. The Morgan fingerprint density at radius 3 is 2.42 bits per heavy atom. The highest BCUT2D eigenvalue weighted by Crippen LogP contribution is 2.03. The molecule has 0 heterocycles. The van der Waals surface area contributed by atoms with Gasteiger partial charge in [-0.05, 0) is 6.92 Å². The molecule has 1 atom stereocenters. The molecule has 0 N–H and O–H groups in total. The fourth-order valence-corrected chi connectivity index (χ4v) is 0.578. The zero-order valence-corrected chi connectivity index (χ0v) is 8.33. The second-order valence-electron chi connectivity index (χ2n) is 3.71. The van der Waals surface area contributed by atoms with E-state index in [0.717, 1.165) is 0 Å². The number of hydrogen-bond acceptors (Lipinski definition) is 2. The zero-order chi connectivity index (χ0) is 9.78. The summed E-state index contributed by atoms with van der Waals surface area (Å²) in [6, 6.07) is -0.134. The molecule has 3 heteroatoms. The topological polar surface area (TPSA) is 26.3 Å². The fraction of sp³-hybridized carbons (Fsp3) is 0.667. The molecule has 0 aromatic heterocycles. The number of carbonyl (C=O) groups excluding carboxylic acids is 1. The van der Waals surface area contributed by atoms with Crippen molar-refractivity contribution >= 4 is 5.97 Å². The Bertz CT molecular complexity index is 170. The summed E-state index contributed by atoms with van der Waals surface area (Å²) >= 11 is 0. The van der Waals surface area contributed by atoms with Crippen molar-refractivity contribution in [1.29, 1.82) is 0 Å². The molecule has 0 bridgehead atoms. The highest BCUT2D eigenvalue weighted by Gasteiger charge is 2.27. The molecule has 0 saturated heterocycles. The number of carbonyl (C=O) groups is 1. The molecule has 0 aliphatic rings. The zero-order valence-electron chi connectivity index (χ0n) is 8.33.